The van der Waals surface area contributed by atoms with Crippen LogP contribution in [0, 0.1) is 5.92 Å². The van der Waals surface area contributed by atoms with Crippen LogP contribution >= 0.6 is 0 Å². The molecule has 13 heavy (non-hydrogen) atoms. The van der Waals surface area contributed by atoms with Gasteiger partial charge in [-0.05, 0) is 6.92 Å². The molecule has 0 saturated heterocycles. The molecule has 0 aliphatic carbocycles. The molecule has 0 aromatic carbocycles. The van der Waals surface area contributed by atoms with Crippen molar-refractivity contribution in [3.8, 4) is 0 Å². The van der Waals surface area contributed by atoms with Gasteiger partial charge in [-0.25, -0.2) is 0 Å². The number of esters is 1. The van der Waals surface area contributed by atoms with E-state index in [1.807, 2.05) is 0 Å². The zero-order valence-corrected chi connectivity index (χ0v) is 7.28. The Labute approximate surface area is 75.2 Å². The van der Waals surface area contributed by atoms with E-state index in [1.54, 1.807) is 6.92 Å². The molecule has 0 aromatic heterocycles. The van der Waals surface area contributed by atoms with Crippen LogP contribution in [0.5, 0.6) is 0 Å². The summed E-state index contributed by atoms with van der Waals surface area (Å²) in [5.74, 6) is -3.75. The van der Waals surface area contributed by atoms with Crippen molar-refractivity contribution >= 4 is 17.8 Å². The monoisotopic (exact) mass is 188 g/mol. The van der Waals surface area contributed by atoms with Gasteiger partial charge in [0.25, 0.3) is 0 Å². The van der Waals surface area contributed by atoms with E-state index >= 15 is 0 Å². The number of nitrogens with two attached hydrogens (primary N) is 2. The maximum Gasteiger partial charge on any atom is 0.319 e. The highest BCUT2D eigenvalue weighted by Crippen LogP contribution is 2.04. The van der Waals surface area contributed by atoms with Crippen LogP contribution < -0.4 is 11.5 Å². The van der Waals surface area contributed by atoms with Crippen LogP contribution in [0.4, 0.5) is 0 Å². The van der Waals surface area contributed by atoms with E-state index in [2.05, 4.69) is 4.74 Å². The van der Waals surface area contributed by atoms with Crippen LogP contribution in [0.15, 0.2) is 0 Å². The highest BCUT2D eigenvalue weighted by Gasteiger charge is 2.27. The molecule has 74 valence electrons. The van der Waals surface area contributed by atoms with E-state index < -0.39 is 30.1 Å². The Morgan fingerprint density at radius 1 is 1.31 bits per heavy atom. The second-order valence-corrected chi connectivity index (χ2v) is 2.38. The fraction of sp³-hybridized carbons (Fsp3) is 0.571. The maximum atomic E-state index is 11.0. The fourth-order valence-corrected chi connectivity index (χ4v) is 0.744. The van der Waals surface area contributed by atoms with Gasteiger partial charge in [0.1, 0.15) is 5.92 Å². The highest BCUT2D eigenvalue weighted by atomic mass is 16.5. The van der Waals surface area contributed by atoms with Gasteiger partial charge in [0, 0.05) is 6.42 Å². The number of ether oxygens (including phenoxy) is 1. The Morgan fingerprint density at radius 2 is 1.85 bits per heavy atom. The number of hydrogen-bond acceptors (Lipinski definition) is 4. The summed E-state index contributed by atoms with van der Waals surface area (Å²) in [5, 5.41) is 0. The van der Waals surface area contributed by atoms with Crippen molar-refractivity contribution in [1.29, 1.82) is 0 Å². The Balaban J connectivity index is 4.32. The fourth-order valence-electron chi connectivity index (χ4n) is 0.744. The molecule has 0 aliphatic heterocycles. The highest BCUT2D eigenvalue weighted by molar-refractivity contribution is 6.00. The minimum absolute atomic E-state index is 0.126. The Morgan fingerprint density at radius 3 is 2.15 bits per heavy atom. The van der Waals surface area contributed by atoms with Gasteiger partial charge >= 0.3 is 5.97 Å². The van der Waals surface area contributed by atoms with Crippen molar-refractivity contribution in [2.75, 3.05) is 6.61 Å². The molecular formula is C7H12N2O4. The minimum atomic E-state index is -1.27. The van der Waals surface area contributed by atoms with Crippen molar-refractivity contribution in [1.82, 2.24) is 0 Å². The number of primary amides is 2. The van der Waals surface area contributed by atoms with E-state index in [9.17, 15) is 14.4 Å². The molecule has 0 rings (SSSR count). The van der Waals surface area contributed by atoms with Crippen molar-refractivity contribution in [3.05, 3.63) is 0 Å². The molecule has 0 aliphatic rings. The van der Waals surface area contributed by atoms with Gasteiger partial charge in [0.2, 0.25) is 11.8 Å². The van der Waals surface area contributed by atoms with Crippen molar-refractivity contribution in [2.45, 2.75) is 13.3 Å². The van der Waals surface area contributed by atoms with Crippen molar-refractivity contribution < 1.29 is 19.1 Å². The third-order valence-electron chi connectivity index (χ3n) is 1.32. The van der Waals surface area contributed by atoms with E-state index in [-0.39, 0.29) is 6.61 Å². The largest absolute Gasteiger partial charge is 0.465 e. The lowest BCUT2D eigenvalue weighted by atomic mass is 10.1. The molecule has 0 aromatic rings. The lowest BCUT2D eigenvalue weighted by Crippen LogP contribution is -2.35. The number of hydrogen-bond donors (Lipinski definition) is 2. The van der Waals surface area contributed by atoms with Crippen molar-refractivity contribution in [3.63, 3.8) is 0 Å². The first-order chi connectivity index (χ1) is 5.99. The first-order valence-electron chi connectivity index (χ1n) is 3.73. The molecule has 0 heterocycles. The minimum Gasteiger partial charge on any atom is -0.465 e. The summed E-state index contributed by atoms with van der Waals surface area (Å²) in [6, 6.07) is 0. The Kier molecular flexibility index (Phi) is 4.50. The van der Waals surface area contributed by atoms with Crippen LogP contribution in [-0.4, -0.2) is 24.4 Å². The maximum absolute atomic E-state index is 11.0. The third-order valence-corrected chi connectivity index (χ3v) is 1.32. The van der Waals surface area contributed by atoms with Gasteiger partial charge in [-0.2, -0.15) is 0 Å². The molecule has 6 nitrogen and oxygen atoms in total. The quantitative estimate of drug-likeness (QED) is 0.405. The van der Waals surface area contributed by atoms with Gasteiger partial charge in [-0.3, -0.25) is 14.4 Å². The molecule has 2 amide bonds. The number of rotatable bonds is 5. The van der Waals surface area contributed by atoms with Gasteiger partial charge in [-0.15, -0.1) is 0 Å². The number of carbonyl (C=O) groups is 3. The van der Waals surface area contributed by atoms with Gasteiger partial charge in [-0.1, -0.05) is 0 Å². The number of amides is 2. The molecule has 1 unspecified atom stereocenters. The van der Waals surface area contributed by atoms with E-state index in [1.165, 1.54) is 0 Å². The predicted molar refractivity (Wildman–Crippen MR) is 43.1 cm³/mol. The molecular weight excluding hydrogens is 176 g/mol. The summed E-state index contributed by atoms with van der Waals surface area (Å²) in [6.45, 7) is 1.71. The zero-order valence-electron chi connectivity index (χ0n) is 7.28. The van der Waals surface area contributed by atoms with Crippen LogP contribution in [0.25, 0.3) is 0 Å². The second-order valence-electron chi connectivity index (χ2n) is 2.38. The second kappa shape index (κ2) is 5.13. The van der Waals surface area contributed by atoms with E-state index in [4.69, 9.17) is 11.5 Å². The normalized spacial score (nSPS) is 11.8. The average Bonchev–Trinajstić information content (AvgIpc) is 1.99. The van der Waals surface area contributed by atoms with E-state index in [0.717, 1.165) is 0 Å². The van der Waals surface area contributed by atoms with Crippen molar-refractivity contribution in [2.24, 2.45) is 17.4 Å². The lowest BCUT2D eigenvalue weighted by Gasteiger charge is -2.09. The summed E-state index contributed by atoms with van der Waals surface area (Å²) in [5.41, 5.74) is 9.68. The van der Waals surface area contributed by atoms with Gasteiger partial charge < -0.3 is 16.2 Å². The van der Waals surface area contributed by atoms with Crippen LogP contribution in [0.1, 0.15) is 13.3 Å². The molecule has 4 N–H and O–H groups in total. The average molecular weight is 188 g/mol. The smallest absolute Gasteiger partial charge is 0.319 e. The summed E-state index contributed by atoms with van der Waals surface area (Å²) in [4.78, 5) is 32.1. The first-order valence-corrected chi connectivity index (χ1v) is 3.73. The molecule has 0 saturated carbocycles. The van der Waals surface area contributed by atoms with Gasteiger partial charge in [0.05, 0.1) is 6.61 Å². The predicted octanol–water partition coefficient (Wildman–Crippen LogP) is -1.47. The standard InChI is InChI=1S/C7H12N2O4/c1-2-13-7(12)4(6(9)11)3-5(8)10/h4H,2-3H2,1H3,(H2,8,10)(H2,9,11). The van der Waals surface area contributed by atoms with Crippen LogP contribution in [0.3, 0.4) is 0 Å². The van der Waals surface area contributed by atoms with Gasteiger partial charge in [0.15, 0.2) is 0 Å². The van der Waals surface area contributed by atoms with E-state index in [0.29, 0.717) is 0 Å². The molecule has 0 bridgehead atoms. The Bertz CT molecular complexity index is 227. The topological polar surface area (TPSA) is 112 Å². The van der Waals surface area contributed by atoms with Crippen LogP contribution in [0.2, 0.25) is 0 Å². The molecule has 0 fully saturated rings. The first kappa shape index (κ1) is 11.4. The summed E-state index contributed by atoms with van der Waals surface area (Å²) < 4.78 is 4.52. The molecule has 6 heteroatoms. The molecule has 0 radical (unpaired) electrons. The summed E-state index contributed by atoms with van der Waals surface area (Å²) >= 11 is 0. The summed E-state index contributed by atoms with van der Waals surface area (Å²) in [7, 11) is 0. The molecule has 1 atom stereocenters. The number of carbonyl (C=O) groups excluding carboxylic acids is 3. The SMILES string of the molecule is CCOC(=O)C(CC(N)=O)C(N)=O. The lowest BCUT2D eigenvalue weighted by molar-refractivity contribution is -0.153. The summed E-state index contributed by atoms with van der Waals surface area (Å²) in [6.07, 6.45) is -0.409. The Hall–Kier alpha value is -1.59. The zero-order chi connectivity index (χ0) is 10.4. The molecule has 0 spiro atoms. The van der Waals surface area contributed by atoms with Crippen LogP contribution in [-0.2, 0) is 19.1 Å². The third kappa shape index (κ3) is 4.09.